The molecule has 0 spiro atoms. The summed E-state index contributed by atoms with van der Waals surface area (Å²) in [5.41, 5.74) is 6.49. The smallest absolute Gasteiger partial charge is 0.261 e. The van der Waals surface area contributed by atoms with Gasteiger partial charge in [-0.3, -0.25) is 29.0 Å². The number of allylic oxidation sites excluding steroid dienone is 2. The summed E-state index contributed by atoms with van der Waals surface area (Å²) in [6.45, 7) is 29.5. The van der Waals surface area contributed by atoms with Crippen molar-refractivity contribution in [3.8, 4) is 46.0 Å². The van der Waals surface area contributed by atoms with Crippen molar-refractivity contribution in [3.05, 3.63) is 179 Å². The number of hydrogen-bond acceptors (Lipinski definition) is 8. The molecule has 0 unspecified atom stereocenters. The van der Waals surface area contributed by atoms with Crippen molar-refractivity contribution in [1.29, 1.82) is 0 Å². The number of fused-ring (bicyclic) bond motifs is 2. The van der Waals surface area contributed by atoms with Crippen molar-refractivity contribution >= 4 is 77.9 Å². The van der Waals surface area contributed by atoms with E-state index in [2.05, 4.69) is 54.7 Å². The lowest BCUT2D eigenvalue weighted by molar-refractivity contribution is 0.0593. The Balaban J connectivity index is 1.36. The van der Waals surface area contributed by atoms with Gasteiger partial charge in [0.05, 0.1) is 22.3 Å². The Hall–Kier alpha value is -8.76. The number of nitrogens with zero attached hydrogens (tertiary/aromatic N) is 2. The van der Waals surface area contributed by atoms with E-state index in [1.165, 1.54) is 9.80 Å². The zero-order chi connectivity index (χ0) is 56.7. The van der Waals surface area contributed by atoms with Crippen molar-refractivity contribution in [2.24, 2.45) is 0 Å². The molecular formula is C70H66N2O8. The summed E-state index contributed by atoms with van der Waals surface area (Å²) in [5, 5.41) is 3.57. The van der Waals surface area contributed by atoms with Crippen LogP contribution in [-0.2, 0) is 10.8 Å². The minimum absolute atomic E-state index is 0.157. The standard InChI is InChI=1S/C70H66N2O8/c1-13-15-33-71-65(73)49-35-53(77-45-25-17-41(18-26-45)39(3)4)59-60-54(78-46-27-19-42(20-28-46)40(5)6)36-50-58-52(68(76)72(66(50)74)34-16-14-2)38-56(80-48-31-23-44(24-32-48)70(10,11)12)62(64(58)60)61-55(37-51(67(71)75)57(49)63(59)61)79-47-29-21-43(22-30-47)69(7,8)9/h17-32,35-38H,3,5,13-16,33-34H2,1-2,4,6-12H3. The molecule has 2 heterocycles. The van der Waals surface area contributed by atoms with Crippen LogP contribution in [0.15, 0.2) is 134 Å². The number of unbranched alkanes of at least 4 members (excludes halogenated alkanes) is 2. The molecular weight excluding hydrogens is 997 g/mol. The van der Waals surface area contributed by atoms with Gasteiger partial charge in [-0.1, -0.05) is 141 Å². The van der Waals surface area contributed by atoms with Gasteiger partial charge >= 0.3 is 0 Å². The SMILES string of the molecule is C=C(C)c1ccc(Oc2cc3c4c(cc(Oc5ccc(C(C)(C)C)cc5)c5c6c(Oc7ccc(C(C)(C)C)cc7)cc7c8c(cc(Oc9ccc(C(=C)C)cc9)c(c2c45)c86)C(=O)N(CCCC)C7=O)C(=O)N(CCCC)C3=O)cc1. The summed E-state index contributed by atoms with van der Waals surface area (Å²) < 4.78 is 28.6. The van der Waals surface area contributed by atoms with Gasteiger partial charge in [0.15, 0.2) is 0 Å². The number of amides is 4. The first kappa shape index (κ1) is 53.3. The molecule has 4 amide bonds. The van der Waals surface area contributed by atoms with Gasteiger partial charge in [-0.15, -0.1) is 0 Å². The molecule has 10 nitrogen and oxygen atoms in total. The first-order valence-corrected chi connectivity index (χ1v) is 27.7. The number of hydrogen-bond donors (Lipinski definition) is 0. The van der Waals surface area contributed by atoms with Crippen LogP contribution < -0.4 is 18.9 Å². The summed E-state index contributed by atoms with van der Waals surface area (Å²) in [6.07, 6.45) is 2.67. The summed E-state index contributed by atoms with van der Waals surface area (Å²) >= 11 is 0. The number of rotatable bonds is 16. The lowest BCUT2D eigenvalue weighted by Gasteiger charge is -2.32. The van der Waals surface area contributed by atoms with Crippen LogP contribution in [-0.4, -0.2) is 46.5 Å². The topological polar surface area (TPSA) is 112 Å². The van der Waals surface area contributed by atoms with Gasteiger partial charge in [0, 0.05) is 56.2 Å². The van der Waals surface area contributed by atoms with Crippen LogP contribution in [0, 0.1) is 0 Å². The molecule has 9 aromatic rings. The average molecular weight is 1060 g/mol. The second kappa shape index (κ2) is 20.2. The van der Waals surface area contributed by atoms with Crippen molar-refractivity contribution in [2.75, 3.05) is 13.1 Å². The molecule has 0 bridgehead atoms. The lowest BCUT2D eigenvalue weighted by atomic mass is 9.80. The zero-order valence-corrected chi connectivity index (χ0v) is 47.4. The van der Waals surface area contributed by atoms with Gasteiger partial charge in [-0.05, 0) is 133 Å². The van der Waals surface area contributed by atoms with Gasteiger partial charge in [-0.25, -0.2) is 0 Å². The van der Waals surface area contributed by atoms with Crippen molar-refractivity contribution in [3.63, 3.8) is 0 Å². The molecule has 0 N–H and O–H groups in total. The van der Waals surface area contributed by atoms with Gasteiger partial charge < -0.3 is 18.9 Å². The van der Waals surface area contributed by atoms with E-state index in [1.807, 2.05) is 125 Å². The van der Waals surface area contributed by atoms with Gasteiger partial charge in [-0.2, -0.15) is 0 Å². The van der Waals surface area contributed by atoms with Crippen LogP contribution >= 0.6 is 0 Å². The largest absolute Gasteiger partial charge is 0.457 e. The third kappa shape index (κ3) is 9.20. The van der Waals surface area contributed by atoms with Crippen molar-refractivity contribution < 1.29 is 38.1 Å². The molecule has 0 saturated heterocycles. The number of carbonyl (C=O) groups is 4. The highest BCUT2D eigenvalue weighted by molar-refractivity contribution is 6.44. The summed E-state index contributed by atoms with van der Waals surface area (Å²) in [4.78, 5) is 63.8. The fraction of sp³-hybridized carbons (Fsp3) is 0.257. The second-order valence-electron chi connectivity index (χ2n) is 23.5. The summed E-state index contributed by atoms with van der Waals surface area (Å²) in [7, 11) is 0. The molecule has 0 radical (unpaired) electrons. The Morgan fingerprint density at radius 1 is 0.388 bits per heavy atom. The molecule has 0 atom stereocenters. The highest BCUT2D eigenvalue weighted by Gasteiger charge is 2.41. The molecule has 2 aliphatic heterocycles. The molecule has 11 rings (SSSR count). The minimum Gasteiger partial charge on any atom is -0.457 e. The number of imide groups is 2. The fourth-order valence-corrected chi connectivity index (χ4v) is 11.1. The monoisotopic (exact) mass is 1060 g/mol. The maximum absolute atomic E-state index is 15.3. The molecule has 80 heavy (non-hydrogen) atoms. The number of carbonyl (C=O) groups excluding carboxylic acids is 4. The van der Waals surface area contributed by atoms with Crippen LogP contribution in [0.5, 0.6) is 46.0 Å². The van der Waals surface area contributed by atoms with Crippen molar-refractivity contribution in [1.82, 2.24) is 9.80 Å². The zero-order valence-electron chi connectivity index (χ0n) is 47.4. The maximum Gasteiger partial charge on any atom is 0.261 e. The van der Waals surface area contributed by atoms with Crippen molar-refractivity contribution in [2.45, 2.75) is 106 Å². The highest BCUT2D eigenvalue weighted by Crippen LogP contribution is 2.58. The normalized spacial score (nSPS) is 13.6. The van der Waals surface area contributed by atoms with Crippen LogP contribution in [0.4, 0.5) is 0 Å². The molecule has 0 saturated carbocycles. The molecule has 0 aliphatic carbocycles. The van der Waals surface area contributed by atoms with E-state index in [1.54, 1.807) is 24.3 Å². The Morgan fingerprint density at radius 2 is 0.637 bits per heavy atom. The molecule has 9 aromatic carbocycles. The highest BCUT2D eigenvalue weighted by atomic mass is 16.5. The van der Waals surface area contributed by atoms with E-state index in [4.69, 9.17) is 18.9 Å². The Morgan fingerprint density at radius 3 is 0.863 bits per heavy atom. The van der Waals surface area contributed by atoms with E-state index in [-0.39, 0.29) is 69.2 Å². The van der Waals surface area contributed by atoms with E-state index in [0.717, 1.165) is 46.2 Å². The third-order valence-electron chi connectivity index (χ3n) is 15.6. The van der Waals surface area contributed by atoms with Crippen LogP contribution in [0.25, 0.3) is 54.2 Å². The number of benzene rings is 9. The molecule has 0 aromatic heterocycles. The van der Waals surface area contributed by atoms with E-state index >= 15 is 19.2 Å². The van der Waals surface area contributed by atoms with E-state index in [9.17, 15) is 0 Å². The van der Waals surface area contributed by atoms with Crippen LogP contribution in [0.3, 0.4) is 0 Å². The predicted molar refractivity (Wildman–Crippen MR) is 321 cm³/mol. The second-order valence-corrected chi connectivity index (χ2v) is 23.5. The predicted octanol–water partition coefficient (Wildman–Crippen LogP) is 18.4. The average Bonchev–Trinajstić information content (AvgIpc) is 3.34. The number of ether oxygens (including phenoxy) is 4. The Bertz CT molecular complexity index is 3780. The minimum atomic E-state index is -0.466. The van der Waals surface area contributed by atoms with E-state index < -0.39 is 23.6 Å². The van der Waals surface area contributed by atoms with Gasteiger partial charge in [0.2, 0.25) is 0 Å². The summed E-state index contributed by atoms with van der Waals surface area (Å²) in [6, 6.07) is 37.8. The summed E-state index contributed by atoms with van der Waals surface area (Å²) in [5.74, 6) is 1.11. The Labute approximate surface area is 467 Å². The third-order valence-corrected chi connectivity index (χ3v) is 15.6. The van der Waals surface area contributed by atoms with Gasteiger partial charge in [0.25, 0.3) is 23.6 Å². The molecule has 10 heteroatoms. The fourth-order valence-electron chi connectivity index (χ4n) is 11.1. The van der Waals surface area contributed by atoms with Crippen LogP contribution in [0.1, 0.15) is 159 Å². The first-order chi connectivity index (χ1) is 38.2. The maximum atomic E-state index is 15.3. The quantitative estimate of drug-likeness (QED) is 0.0534. The first-order valence-electron chi connectivity index (χ1n) is 27.7. The van der Waals surface area contributed by atoms with Gasteiger partial charge in [0.1, 0.15) is 46.0 Å². The molecule has 404 valence electrons. The lowest BCUT2D eigenvalue weighted by Crippen LogP contribution is -2.41. The molecule has 0 fully saturated rings. The molecule has 2 aliphatic rings. The van der Waals surface area contributed by atoms with E-state index in [0.29, 0.717) is 78.9 Å². The van der Waals surface area contributed by atoms with Crippen LogP contribution in [0.2, 0.25) is 0 Å². The Kier molecular flexibility index (Phi) is 13.4.